The fourth-order valence-corrected chi connectivity index (χ4v) is 3.48. The van der Waals surface area contributed by atoms with E-state index in [1.165, 1.54) is 6.92 Å². The van der Waals surface area contributed by atoms with Crippen molar-refractivity contribution in [3.8, 4) is 10.6 Å². The monoisotopic (exact) mass is 401 g/mol. The summed E-state index contributed by atoms with van der Waals surface area (Å²) in [5, 5.41) is 26.8. The number of rotatable bonds is 7. The van der Waals surface area contributed by atoms with E-state index in [-0.39, 0.29) is 17.7 Å². The van der Waals surface area contributed by atoms with Gasteiger partial charge in [0.1, 0.15) is 11.3 Å². The number of carbonyl (C=O) groups is 1. The number of carbonyl (C=O) groups excluding carboxylic acids is 1. The van der Waals surface area contributed by atoms with Crippen LogP contribution in [0.25, 0.3) is 10.6 Å². The molecule has 2 heterocycles. The number of nitrogens with zero attached hydrogens (tertiary/aromatic N) is 3. The SMILES string of the molecule is Cc1c([N+](=O)[O-])cc(C(=O)NCCc2[nH]cnc2-c2cccs2)cc1[N+](=O)[O-]. The zero-order valence-electron chi connectivity index (χ0n) is 14.7. The Hall–Kier alpha value is -3.60. The van der Waals surface area contributed by atoms with Gasteiger partial charge in [0.05, 0.1) is 26.6 Å². The van der Waals surface area contributed by atoms with Crippen LogP contribution in [-0.4, -0.2) is 32.3 Å². The molecule has 0 fully saturated rings. The van der Waals surface area contributed by atoms with Gasteiger partial charge in [0.15, 0.2) is 0 Å². The lowest BCUT2D eigenvalue weighted by Gasteiger charge is -2.07. The first kappa shape index (κ1) is 19.2. The van der Waals surface area contributed by atoms with E-state index in [2.05, 4.69) is 15.3 Å². The number of thiophene rings is 1. The van der Waals surface area contributed by atoms with Crippen LogP contribution in [0.3, 0.4) is 0 Å². The first-order valence-electron chi connectivity index (χ1n) is 8.16. The van der Waals surface area contributed by atoms with Crippen LogP contribution in [0.2, 0.25) is 0 Å². The third-order valence-electron chi connectivity index (χ3n) is 4.14. The number of H-pyrrole nitrogens is 1. The van der Waals surface area contributed by atoms with Crippen molar-refractivity contribution in [3.63, 3.8) is 0 Å². The standard InChI is InChI=1S/C17H15N5O5S/c1-10-13(21(24)25)7-11(8-14(10)22(26)27)17(23)18-5-4-12-16(20-9-19-12)15-3-2-6-28-15/h2-3,6-9H,4-5H2,1H3,(H,18,23)(H,19,20). The average Bonchev–Trinajstić information content (AvgIpc) is 3.32. The number of imidazole rings is 1. The second-order valence-electron chi connectivity index (χ2n) is 5.87. The quantitative estimate of drug-likeness (QED) is 0.459. The number of aromatic amines is 1. The minimum absolute atomic E-state index is 0.0930. The normalized spacial score (nSPS) is 10.6. The number of aromatic nitrogens is 2. The first-order chi connectivity index (χ1) is 13.4. The fraction of sp³-hybridized carbons (Fsp3) is 0.176. The lowest BCUT2D eigenvalue weighted by Crippen LogP contribution is -2.26. The van der Waals surface area contributed by atoms with Crippen molar-refractivity contribution in [3.05, 3.63) is 73.0 Å². The zero-order chi connectivity index (χ0) is 20.3. The Morgan fingerprint density at radius 3 is 2.50 bits per heavy atom. The average molecular weight is 401 g/mol. The van der Waals surface area contributed by atoms with Gasteiger partial charge in [0, 0.05) is 30.8 Å². The van der Waals surface area contributed by atoms with Crippen LogP contribution < -0.4 is 5.32 Å². The topological polar surface area (TPSA) is 144 Å². The van der Waals surface area contributed by atoms with E-state index in [4.69, 9.17) is 0 Å². The maximum absolute atomic E-state index is 12.4. The molecule has 3 aromatic rings. The summed E-state index contributed by atoms with van der Waals surface area (Å²) in [6.07, 6.45) is 2.02. The van der Waals surface area contributed by atoms with E-state index in [9.17, 15) is 25.0 Å². The number of hydrogen-bond donors (Lipinski definition) is 2. The van der Waals surface area contributed by atoms with E-state index in [1.54, 1.807) is 17.7 Å². The highest BCUT2D eigenvalue weighted by molar-refractivity contribution is 7.13. The molecular formula is C17H15N5O5S. The van der Waals surface area contributed by atoms with Crippen molar-refractivity contribution >= 4 is 28.6 Å². The van der Waals surface area contributed by atoms with E-state index < -0.39 is 27.1 Å². The van der Waals surface area contributed by atoms with Crippen LogP contribution in [0.15, 0.2) is 36.0 Å². The largest absolute Gasteiger partial charge is 0.352 e. The fourth-order valence-electron chi connectivity index (χ4n) is 2.73. The van der Waals surface area contributed by atoms with Gasteiger partial charge >= 0.3 is 0 Å². The molecule has 2 N–H and O–H groups in total. The Morgan fingerprint density at radius 2 is 1.93 bits per heavy atom. The number of benzene rings is 1. The molecule has 1 aromatic carbocycles. The molecule has 28 heavy (non-hydrogen) atoms. The molecule has 2 aromatic heterocycles. The van der Waals surface area contributed by atoms with Gasteiger partial charge in [-0.3, -0.25) is 25.0 Å². The lowest BCUT2D eigenvalue weighted by molar-refractivity contribution is -0.395. The van der Waals surface area contributed by atoms with Gasteiger partial charge in [0.2, 0.25) is 0 Å². The highest BCUT2D eigenvalue weighted by Gasteiger charge is 2.25. The van der Waals surface area contributed by atoms with Crippen LogP contribution in [0.5, 0.6) is 0 Å². The van der Waals surface area contributed by atoms with Crippen LogP contribution in [0.4, 0.5) is 11.4 Å². The third-order valence-corrected chi connectivity index (χ3v) is 5.02. The maximum atomic E-state index is 12.4. The van der Waals surface area contributed by atoms with Crippen molar-refractivity contribution in [2.75, 3.05) is 6.54 Å². The van der Waals surface area contributed by atoms with E-state index in [0.29, 0.717) is 6.42 Å². The van der Waals surface area contributed by atoms with Crippen LogP contribution in [0, 0.1) is 27.2 Å². The summed E-state index contributed by atoms with van der Waals surface area (Å²) in [5.41, 5.74) is 0.479. The Bertz CT molecular complexity index is 1010. The highest BCUT2D eigenvalue weighted by Crippen LogP contribution is 2.29. The summed E-state index contributed by atoms with van der Waals surface area (Å²) in [4.78, 5) is 41.5. The number of nitrogens with one attached hydrogen (secondary N) is 2. The van der Waals surface area contributed by atoms with Crippen LogP contribution >= 0.6 is 11.3 Å². The molecule has 1 amide bonds. The molecule has 0 spiro atoms. The second-order valence-corrected chi connectivity index (χ2v) is 6.81. The molecule has 0 unspecified atom stereocenters. The molecule has 0 bridgehead atoms. The predicted octanol–water partition coefficient (Wildman–Crippen LogP) is 3.24. The van der Waals surface area contributed by atoms with Gasteiger partial charge < -0.3 is 10.3 Å². The number of nitro benzene ring substituents is 2. The molecule has 0 aliphatic heterocycles. The third kappa shape index (κ3) is 3.88. The van der Waals surface area contributed by atoms with E-state index in [1.807, 2.05) is 17.5 Å². The Labute approximate surface area is 162 Å². The van der Waals surface area contributed by atoms with Crippen molar-refractivity contribution in [2.45, 2.75) is 13.3 Å². The summed E-state index contributed by atoms with van der Waals surface area (Å²) in [7, 11) is 0. The van der Waals surface area contributed by atoms with Gasteiger partial charge in [-0.1, -0.05) is 6.07 Å². The van der Waals surface area contributed by atoms with E-state index in [0.717, 1.165) is 28.4 Å². The van der Waals surface area contributed by atoms with Crippen molar-refractivity contribution < 1.29 is 14.6 Å². The Balaban J connectivity index is 1.73. The molecule has 144 valence electrons. The van der Waals surface area contributed by atoms with Crippen molar-refractivity contribution in [1.29, 1.82) is 0 Å². The van der Waals surface area contributed by atoms with Gasteiger partial charge in [-0.05, 0) is 18.4 Å². The van der Waals surface area contributed by atoms with Gasteiger partial charge in [-0.25, -0.2) is 4.98 Å². The molecule has 0 aliphatic rings. The summed E-state index contributed by atoms with van der Waals surface area (Å²) < 4.78 is 0. The Kier molecular flexibility index (Phi) is 5.45. The first-order valence-corrected chi connectivity index (χ1v) is 9.04. The predicted molar refractivity (Wildman–Crippen MR) is 102 cm³/mol. The Morgan fingerprint density at radius 1 is 1.25 bits per heavy atom. The minimum Gasteiger partial charge on any atom is -0.352 e. The van der Waals surface area contributed by atoms with E-state index >= 15 is 0 Å². The number of amides is 1. The van der Waals surface area contributed by atoms with Gasteiger partial charge in [-0.15, -0.1) is 11.3 Å². The van der Waals surface area contributed by atoms with Crippen LogP contribution in [0.1, 0.15) is 21.6 Å². The minimum atomic E-state index is -0.739. The van der Waals surface area contributed by atoms with Gasteiger partial charge in [-0.2, -0.15) is 0 Å². The maximum Gasteiger partial charge on any atom is 0.279 e. The second kappa shape index (κ2) is 7.96. The van der Waals surface area contributed by atoms with Crippen molar-refractivity contribution in [2.24, 2.45) is 0 Å². The molecular weight excluding hydrogens is 386 g/mol. The number of hydrogen-bond acceptors (Lipinski definition) is 7. The molecule has 0 aliphatic carbocycles. The lowest BCUT2D eigenvalue weighted by atomic mass is 10.1. The molecule has 10 nitrogen and oxygen atoms in total. The van der Waals surface area contributed by atoms with Crippen LogP contribution in [-0.2, 0) is 6.42 Å². The van der Waals surface area contributed by atoms with Gasteiger partial charge in [0.25, 0.3) is 17.3 Å². The summed E-state index contributed by atoms with van der Waals surface area (Å²) in [5.74, 6) is -0.622. The summed E-state index contributed by atoms with van der Waals surface area (Å²) in [6.45, 7) is 1.51. The number of nitro groups is 2. The zero-order valence-corrected chi connectivity index (χ0v) is 15.5. The molecule has 11 heteroatoms. The molecule has 0 saturated heterocycles. The highest BCUT2D eigenvalue weighted by atomic mass is 32.1. The summed E-state index contributed by atoms with van der Waals surface area (Å²) in [6, 6.07) is 5.95. The van der Waals surface area contributed by atoms with Crippen molar-refractivity contribution in [1.82, 2.24) is 15.3 Å². The molecule has 0 radical (unpaired) electrons. The molecule has 3 rings (SSSR count). The molecule has 0 saturated carbocycles. The smallest absolute Gasteiger partial charge is 0.279 e. The molecule has 0 atom stereocenters. The summed E-state index contributed by atoms with van der Waals surface area (Å²) >= 11 is 1.54.